The van der Waals surface area contributed by atoms with Crippen LogP contribution in [0.5, 0.6) is 11.6 Å². The summed E-state index contributed by atoms with van der Waals surface area (Å²) in [6.07, 6.45) is 5.66. The van der Waals surface area contributed by atoms with Gasteiger partial charge in [0.05, 0.1) is 17.0 Å². The summed E-state index contributed by atoms with van der Waals surface area (Å²) in [5.41, 5.74) is -0.743. The number of ether oxygens (including phenoxy) is 1. The van der Waals surface area contributed by atoms with E-state index in [0.717, 1.165) is 25.7 Å². The van der Waals surface area contributed by atoms with Crippen LogP contribution in [0.2, 0.25) is 0 Å². The molecule has 2 N–H and O–H groups in total. The van der Waals surface area contributed by atoms with Crippen molar-refractivity contribution in [2.45, 2.75) is 57.0 Å². The molecule has 0 atom stereocenters. The van der Waals surface area contributed by atoms with Crippen molar-refractivity contribution in [1.29, 1.82) is 0 Å². The van der Waals surface area contributed by atoms with E-state index >= 15 is 0 Å². The van der Waals surface area contributed by atoms with Gasteiger partial charge in [0.2, 0.25) is 33.6 Å². The van der Waals surface area contributed by atoms with Crippen molar-refractivity contribution in [3.63, 3.8) is 0 Å². The number of alkyl halides is 2. The summed E-state index contributed by atoms with van der Waals surface area (Å²) in [6.45, 7) is 0.497. The van der Waals surface area contributed by atoms with Gasteiger partial charge in [0.25, 0.3) is 0 Å². The Balaban J connectivity index is 1.53. The summed E-state index contributed by atoms with van der Waals surface area (Å²) in [5.74, 6) is -10.4. The minimum atomic E-state index is -4.62. The molecule has 3 aromatic rings. The molecule has 0 amide bonds. The molecule has 0 spiro atoms. The molecule has 15 heteroatoms. The molecule has 42 heavy (non-hydrogen) atoms. The monoisotopic (exact) mass is 614 g/mol. The number of halogens is 5. The van der Waals surface area contributed by atoms with E-state index in [4.69, 9.17) is 4.74 Å². The van der Waals surface area contributed by atoms with Crippen LogP contribution in [0.4, 0.5) is 33.6 Å². The second-order valence-corrected chi connectivity index (χ2v) is 12.3. The standard InChI is InChI=1S/C27H31F5N6O3S/c1-27(31,32)11-14-42(39,40)37-24-19(28)15-21(22(29)23(24)30)41-25-18(5-4-12-33-25)20-10-13-34-26(36-20)35-16-6-8-17(9-7-16)38(2)3/h4-5,10,12-13,15-17,37H,6-9,11,14H2,1-3H3,(H,34,35,36). The molecule has 2 heterocycles. The Bertz CT molecular complexity index is 1510. The zero-order valence-corrected chi connectivity index (χ0v) is 24.0. The lowest BCUT2D eigenvalue weighted by molar-refractivity contribution is 0.0189. The highest BCUT2D eigenvalue weighted by Crippen LogP contribution is 2.36. The molecule has 0 unspecified atom stereocenters. The summed E-state index contributed by atoms with van der Waals surface area (Å²) in [7, 11) is -0.500. The van der Waals surface area contributed by atoms with E-state index in [1.54, 1.807) is 18.2 Å². The first-order chi connectivity index (χ1) is 19.7. The quantitative estimate of drug-likeness (QED) is 0.206. The second kappa shape index (κ2) is 12.7. The Labute approximate surface area is 240 Å². The third kappa shape index (κ3) is 8.03. The van der Waals surface area contributed by atoms with Crippen LogP contribution in [0.3, 0.4) is 0 Å². The van der Waals surface area contributed by atoms with Gasteiger partial charge in [-0.2, -0.15) is 4.39 Å². The molecule has 1 aromatic carbocycles. The Morgan fingerprint density at radius 2 is 1.76 bits per heavy atom. The lowest BCUT2D eigenvalue weighted by atomic mass is 9.91. The number of hydrogen-bond donors (Lipinski definition) is 2. The highest BCUT2D eigenvalue weighted by molar-refractivity contribution is 7.92. The predicted molar refractivity (Wildman–Crippen MR) is 148 cm³/mol. The van der Waals surface area contributed by atoms with Crippen molar-refractivity contribution in [2.24, 2.45) is 0 Å². The zero-order chi connectivity index (χ0) is 30.7. The van der Waals surface area contributed by atoms with Gasteiger partial charge in [-0.3, -0.25) is 4.72 Å². The van der Waals surface area contributed by atoms with Crippen LogP contribution in [0.15, 0.2) is 36.7 Å². The van der Waals surface area contributed by atoms with Crippen molar-refractivity contribution in [3.8, 4) is 22.9 Å². The van der Waals surface area contributed by atoms with Gasteiger partial charge >= 0.3 is 0 Å². The van der Waals surface area contributed by atoms with Gasteiger partial charge in [-0.15, -0.1) is 0 Å². The molecule has 1 saturated carbocycles. The minimum absolute atomic E-state index is 0.176. The molecule has 1 aliphatic rings. The summed E-state index contributed by atoms with van der Waals surface area (Å²) >= 11 is 0. The van der Waals surface area contributed by atoms with Crippen LogP contribution in [-0.4, -0.2) is 66.1 Å². The van der Waals surface area contributed by atoms with Crippen LogP contribution in [0.25, 0.3) is 11.3 Å². The first-order valence-corrected chi connectivity index (χ1v) is 14.8. The van der Waals surface area contributed by atoms with Crippen molar-refractivity contribution >= 4 is 21.7 Å². The largest absolute Gasteiger partial charge is 0.435 e. The summed E-state index contributed by atoms with van der Waals surface area (Å²) in [6, 6.07) is 5.81. The zero-order valence-electron chi connectivity index (χ0n) is 23.2. The average Bonchev–Trinajstić information content (AvgIpc) is 2.93. The van der Waals surface area contributed by atoms with Crippen LogP contribution in [0.1, 0.15) is 39.0 Å². The van der Waals surface area contributed by atoms with Gasteiger partial charge in [0.15, 0.2) is 17.4 Å². The number of nitrogens with one attached hydrogen (secondary N) is 2. The number of hydrogen-bond acceptors (Lipinski definition) is 8. The van der Waals surface area contributed by atoms with Crippen molar-refractivity contribution in [1.82, 2.24) is 19.9 Å². The van der Waals surface area contributed by atoms with Gasteiger partial charge < -0.3 is 15.0 Å². The number of benzene rings is 1. The van der Waals surface area contributed by atoms with Crippen LogP contribution in [-0.2, 0) is 10.0 Å². The lowest BCUT2D eigenvalue weighted by Gasteiger charge is -2.32. The second-order valence-electron chi connectivity index (χ2n) is 10.4. The molecule has 2 aromatic heterocycles. The minimum Gasteiger partial charge on any atom is -0.435 e. The molecular weight excluding hydrogens is 583 g/mol. The molecule has 4 rings (SSSR count). The number of rotatable bonds is 11. The van der Waals surface area contributed by atoms with E-state index in [2.05, 4.69) is 39.3 Å². The molecule has 0 bridgehead atoms. The number of sulfonamides is 1. The number of pyridine rings is 1. The molecule has 1 fully saturated rings. The Morgan fingerprint density at radius 1 is 1.05 bits per heavy atom. The molecule has 1 aliphatic carbocycles. The lowest BCUT2D eigenvalue weighted by Crippen LogP contribution is -2.36. The maximum atomic E-state index is 14.9. The fraction of sp³-hybridized carbons (Fsp3) is 0.444. The van der Waals surface area contributed by atoms with Crippen molar-refractivity contribution in [2.75, 3.05) is 29.9 Å². The predicted octanol–water partition coefficient (Wildman–Crippen LogP) is 5.82. The molecule has 9 nitrogen and oxygen atoms in total. The Hall–Kier alpha value is -3.59. The summed E-state index contributed by atoms with van der Waals surface area (Å²) in [4.78, 5) is 15.1. The molecule has 0 radical (unpaired) electrons. The normalized spacial score (nSPS) is 17.7. The van der Waals surface area contributed by atoms with Crippen LogP contribution in [0, 0.1) is 17.5 Å². The maximum Gasteiger partial charge on any atom is 0.246 e. The molecule has 228 valence electrons. The van der Waals surface area contributed by atoms with E-state index in [9.17, 15) is 30.4 Å². The van der Waals surface area contributed by atoms with E-state index in [1.165, 1.54) is 17.1 Å². The van der Waals surface area contributed by atoms with Gasteiger partial charge in [0, 0.05) is 37.0 Å². The first kappa shape index (κ1) is 31.3. The van der Waals surface area contributed by atoms with Crippen molar-refractivity contribution < 1.29 is 35.1 Å². The van der Waals surface area contributed by atoms with Gasteiger partial charge in [-0.05, 0) is 64.9 Å². The highest BCUT2D eigenvalue weighted by Gasteiger charge is 2.29. The molecule has 0 aliphatic heterocycles. The molecular formula is C27H31F5N6O3S. The van der Waals surface area contributed by atoms with Crippen LogP contribution < -0.4 is 14.8 Å². The average molecular weight is 615 g/mol. The number of aromatic nitrogens is 3. The van der Waals surface area contributed by atoms with Gasteiger partial charge in [-0.1, -0.05) is 0 Å². The smallest absolute Gasteiger partial charge is 0.246 e. The van der Waals surface area contributed by atoms with E-state index in [0.29, 0.717) is 30.7 Å². The van der Waals surface area contributed by atoms with Gasteiger partial charge in [0.1, 0.15) is 5.69 Å². The summed E-state index contributed by atoms with van der Waals surface area (Å²) in [5, 5.41) is 3.33. The third-order valence-corrected chi connectivity index (χ3v) is 8.12. The SMILES string of the molecule is CN(C)C1CCC(Nc2nccc(-c3cccnc3Oc3cc(F)c(NS(=O)(=O)CCC(C)(F)F)c(F)c3F)n2)CC1. The number of nitrogens with zero attached hydrogens (tertiary/aromatic N) is 4. The topological polar surface area (TPSA) is 109 Å². The fourth-order valence-corrected chi connectivity index (χ4v) is 5.76. The van der Waals surface area contributed by atoms with Crippen LogP contribution >= 0.6 is 0 Å². The first-order valence-electron chi connectivity index (χ1n) is 13.2. The number of anilines is 2. The van der Waals surface area contributed by atoms with Crippen molar-refractivity contribution in [3.05, 3.63) is 54.1 Å². The highest BCUT2D eigenvalue weighted by atomic mass is 32.2. The summed E-state index contributed by atoms with van der Waals surface area (Å²) < 4.78 is 102. The van der Waals surface area contributed by atoms with Gasteiger partial charge in [-0.25, -0.2) is 40.9 Å². The third-order valence-electron chi connectivity index (χ3n) is 6.86. The maximum absolute atomic E-state index is 14.9. The van der Waals surface area contributed by atoms with E-state index < -0.39 is 57.0 Å². The Kier molecular flexibility index (Phi) is 9.50. The van der Waals surface area contributed by atoms with E-state index in [-0.39, 0.29) is 17.5 Å². The molecule has 0 saturated heterocycles. The fourth-order valence-electron chi connectivity index (χ4n) is 4.53. The Morgan fingerprint density at radius 3 is 2.43 bits per heavy atom. The van der Waals surface area contributed by atoms with E-state index in [1.807, 2.05) is 0 Å².